The van der Waals surface area contributed by atoms with Gasteiger partial charge < -0.3 is 4.74 Å². The van der Waals surface area contributed by atoms with E-state index in [1.165, 1.54) is 26.2 Å². The summed E-state index contributed by atoms with van der Waals surface area (Å²) < 4.78 is 57.3. The van der Waals surface area contributed by atoms with Crippen LogP contribution in [-0.2, 0) is 19.6 Å². The van der Waals surface area contributed by atoms with Crippen molar-refractivity contribution in [2.24, 2.45) is 23.2 Å². The number of carbonyl (C=O) groups excluding carboxylic acids is 1. The van der Waals surface area contributed by atoms with Gasteiger partial charge >= 0.3 is 11.2 Å². The minimum absolute atomic E-state index is 0.0945. The quantitative estimate of drug-likeness (QED) is 0.735. The molecule has 2 atom stereocenters. The van der Waals surface area contributed by atoms with Gasteiger partial charge in [0.25, 0.3) is 10.0 Å². The highest BCUT2D eigenvalue weighted by Crippen LogP contribution is 2.57. The van der Waals surface area contributed by atoms with Crippen molar-refractivity contribution < 1.29 is 26.7 Å². The third-order valence-electron chi connectivity index (χ3n) is 5.95. The molecule has 0 heterocycles. The number of carbonyl (C=O) groups is 1. The molecule has 4 fully saturated rings. The SMILES string of the molecule is CCNS(=O)(=O)C(F)(F)C(=O)OCC12CCC3CC(CC(C3)C1)C2. The predicted molar refractivity (Wildman–Crippen MR) is 83.7 cm³/mol. The summed E-state index contributed by atoms with van der Waals surface area (Å²) in [6, 6.07) is 0. The first-order chi connectivity index (χ1) is 11.2. The van der Waals surface area contributed by atoms with E-state index >= 15 is 0 Å². The summed E-state index contributed by atoms with van der Waals surface area (Å²) in [6.07, 6.45) is 7.31. The van der Waals surface area contributed by atoms with Crippen LogP contribution in [0.3, 0.4) is 0 Å². The van der Waals surface area contributed by atoms with Crippen molar-refractivity contribution in [3.05, 3.63) is 0 Å². The fourth-order valence-corrected chi connectivity index (χ4v) is 6.02. The van der Waals surface area contributed by atoms with Gasteiger partial charge in [-0.1, -0.05) is 6.92 Å². The Morgan fingerprint density at radius 3 is 2.38 bits per heavy atom. The lowest BCUT2D eigenvalue weighted by Gasteiger charge is -2.44. The maximum Gasteiger partial charge on any atom is 0.454 e. The van der Waals surface area contributed by atoms with Crippen molar-refractivity contribution in [1.29, 1.82) is 0 Å². The number of alkyl halides is 2. The molecule has 0 saturated heterocycles. The summed E-state index contributed by atoms with van der Waals surface area (Å²) in [4.78, 5) is 11.8. The first kappa shape index (κ1) is 18.0. The minimum Gasteiger partial charge on any atom is -0.460 e. The Labute approximate surface area is 141 Å². The number of fused-ring (bicyclic) bond motifs is 1. The smallest absolute Gasteiger partial charge is 0.454 e. The zero-order chi connectivity index (χ0) is 17.6. The molecule has 5 nitrogen and oxygen atoms in total. The Balaban J connectivity index is 1.68. The van der Waals surface area contributed by atoms with E-state index in [0.717, 1.165) is 25.7 Å². The minimum atomic E-state index is -5.05. The molecule has 1 N–H and O–H groups in total. The number of hydrogen-bond donors (Lipinski definition) is 1. The van der Waals surface area contributed by atoms with E-state index in [1.54, 1.807) is 4.72 Å². The zero-order valence-electron chi connectivity index (χ0n) is 13.9. The molecule has 0 radical (unpaired) electrons. The molecular weight excluding hydrogens is 340 g/mol. The predicted octanol–water partition coefficient (Wildman–Crippen LogP) is 2.67. The molecule has 24 heavy (non-hydrogen) atoms. The molecule has 0 aliphatic heterocycles. The summed E-state index contributed by atoms with van der Waals surface area (Å²) in [5.41, 5.74) is -0.244. The van der Waals surface area contributed by atoms with E-state index in [0.29, 0.717) is 17.8 Å². The Morgan fingerprint density at radius 2 is 1.79 bits per heavy atom. The summed E-state index contributed by atoms with van der Waals surface area (Å²) >= 11 is 0. The maximum absolute atomic E-state index is 13.9. The number of halogens is 2. The van der Waals surface area contributed by atoms with Gasteiger partial charge in [-0.15, -0.1) is 0 Å². The van der Waals surface area contributed by atoms with Crippen molar-refractivity contribution in [3.63, 3.8) is 0 Å². The fourth-order valence-electron chi connectivity index (χ4n) is 5.18. The van der Waals surface area contributed by atoms with Crippen LogP contribution in [0.5, 0.6) is 0 Å². The highest BCUT2D eigenvalue weighted by Gasteiger charge is 2.55. The van der Waals surface area contributed by atoms with Crippen LogP contribution in [0.2, 0.25) is 0 Å². The molecule has 0 spiro atoms. The van der Waals surface area contributed by atoms with Gasteiger partial charge in [-0.3, -0.25) is 0 Å². The van der Waals surface area contributed by atoms with Gasteiger partial charge in [0.2, 0.25) is 0 Å². The molecule has 0 aromatic rings. The van der Waals surface area contributed by atoms with E-state index in [1.807, 2.05) is 0 Å². The molecule has 2 unspecified atom stereocenters. The lowest BCUT2D eigenvalue weighted by atomic mass is 9.62. The van der Waals surface area contributed by atoms with Crippen molar-refractivity contribution >= 4 is 16.0 Å². The maximum atomic E-state index is 13.9. The summed E-state index contributed by atoms with van der Waals surface area (Å²) in [5.74, 6) is -0.0645. The van der Waals surface area contributed by atoms with Crippen LogP contribution in [0.4, 0.5) is 8.78 Å². The van der Waals surface area contributed by atoms with Crippen molar-refractivity contribution in [2.75, 3.05) is 13.2 Å². The lowest BCUT2D eigenvalue weighted by molar-refractivity contribution is -0.166. The summed E-state index contributed by atoms with van der Waals surface area (Å²) in [5, 5.41) is -4.55. The van der Waals surface area contributed by atoms with E-state index in [9.17, 15) is 22.0 Å². The van der Waals surface area contributed by atoms with Gasteiger partial charge in [-0.05, 0) is 62.7 Å². The van der Waals surface area contributed by atoms with Gasteiger partial charge in [0, 0.05) is 12.0 Å². The largest absolute Gasteiger partial charge is 0.460 e. The van der Waals surface area contributed by atoms with Crippen LogP contribution in [0.25, 0.3) is 0 Å². The van der Waals surface area contributed by atoms with Gasteiger partial charge in [-0.25, -0.2) is 17.9 Å². The monoisotopic (exact) mass is 365 g/mol. The highest BCUT2D eigenvalue weighted by molar-refractivity contribution is 7.91. The second kappa shape index (κ2) is 6.20. The van der Waals surface area contributed by atoms with Crippen LogP contribution >= 0.6 is 0 Å². The summed E-state index contributed by atoms with van der Waals surface area (Å²) in [7, 11) is -5.05. The molecule has 0 aromatic heterocycles. The molecular formula is C16H25F2NO4S. The Kier molecular flexibility index (Phi) is 4.66. The van der Waals surface area contributed by atoms with Crippen molar-refractivity contribution in [2.45, 2.75) is 57.1 Å². The summed E-state index contributed by atoms with van der Waals surface area (Å²) in [6.45, 7) is 1.07. The number of ether oxygens (including phenoxy) is 1. The van der Waals surface area contributed by atoms with Crippen LogP contribution in [0.15, 0.2) is 0 Å². The van der Waals surface area contributed by atoms with Crippen molar-refractivity contribution in [3.8, 4) is 0 Å². The molecule has 138 valence electrons. The molecule has 4 rings (SSSR count). The second-order valence-corrected chi connectivity index (χ2v) is 9.65. The number of hydrogen-bond acceptors (Lipinski definition) is 4. The average molecular weight is 365 g/mol. The normalized spacial score (nSPS) is 35.7. The van der Waals surface area contributed by atoms with Crippen LogP contribution in [0, 0.1) is 23.2 Å². The first-order valence-corrected chi connectivity index (χ1v) is 10.2. The first-order valence-electron chi connectivity index (χ1n) is 8.72. The third kappa shape index (κ3) is 3.19. The standard InChI is InChI=1S/C16H25F2NO4S/c1-2-19-24(21,22)16(17,18)14(20)23-10-15-4-3-11-5-12(8-15)7-13(6-11)9-15/h11-13,19H,2-10H2,1H3. The molecule has 0 amide bonds. The Morgan fingerprint density at radius 1 is 1.21 bits per heavy atom. The molecule has 4 bridgehead atoms. The number of nitrogens with one attached hydrogen (secondary N) is 1. The Bertz CT molecular complexity index is 593. The fraction of sp³-hybridized carbons (Fsp3) is 0.938. The number of esters is 1. The average Bonchev–Trinajstić information content (AvgIpc) is 2.69. The molecule has 8 heteroatoms. The zero-order valence-corrected chi connectivity index (χ0v) is 14.7. The number of rotatable bonds is 6. The van der Waals surface area contributed by atoms with Gasteiger partial charge in [-0.2, -0.15) is 8.78 Å². The van der Waals surface area contributed by atoms with E-state index in [4.69, 9.17) is 4.74 Å². The highest BCUT2D eigenvalue weighted by atomic mass is 32.2. The Hall–Kier alpha value is -0.760. The molecule has 4 aliphatic rings. The molecule has 4 aliphatic carbocycles. The van der Waals surface area contributed by atoms with Crippen LogP contribution in [0.1, 0.15) is 51.9 Å². The molecule has 4 saturated carbocycles. The van der Waals surface area contributed by atoms with E-state index in [-0.39, 0.29) is 18.6 Å². The van der Waals surface area contributed by atoms with Crippen LogP contribution in [-0.4, -0.2) is 32.8 Å². The number of sulfonamides is 1. The third-order valence-corrected chi connectivity index (χ3v) is 7.46. The van der Waals surface area contributed by atoms with Crippen LogP contribution < -0.4 is 4.72 Å². The molecule has 0 aromatic carbocycles. The van der Waals surface area contributed by atoms with Gasteiger partial charge in [0.15, 0.2) is 0 Å². The van der Waals surface area contributed by atoms with Gasteiger partial charge in [0.1, 0.15) is 0 Å². The van der Waals surface area contributed by atoms with E-state index in [2.05, 4.69) is 0 Å². The lowest BCUT2D eigenvalue weighted by Crippen LogP contribution is -2.47. The van der Waals surface area contributed by atoms with Gasteiger partial charge in [0.05, 0.1) is 6.61 Å². The topological polar surface area (TPSA) is 72.5 Å². The van der Waals surface area contributed by atoms with Crippen molar-refractivity contribution in [1.82, 2.24) is 4.72 Å². The second-order valence-electron chi connectivity index (χ2n) is 7.85. The van der Waals surface area contributed by atoms with E-state index < -0.39 is 21.2 Å².